The molecule has 0 unspecified atom stereocenters. The molecule has 8 heteroatoms. The average molecular weight is 287 g/mol. The standard InChI is InChI=1S/C12H11F2NO5/c13-12(14)20-8-2-1-7(3-4-18-6-16)10-11(8)19-5-9(17)15-10/h1-2,6,12H,3-5H2,(H,15,17). The molecule has 1 N–H and O–H groups in total. The Kier molecular flexibility index (Phi) is 4.34. The predicted octanol–water partition coefficient (Wildman–Crippen LogP) is 1.33. The Labute approximate surface area is 112 Å². The van der Waals surface area contributed by atoms with E-state index in [-0.39, 0.29) is 30.4 Å². The third-order valence-electron chi connectivity index (χ3n) is 2.59. The summed E-state index contributed by atoms with van der Waals surface area (Å²) in [7, 11) is 0. The average Bonchev–Trinajstić information content (AvgIpc) is 2.40. The highest BCUT2D eigenvalue weighted by atomic mass is 19.3. The second-order valence-corrected chi connectivity index (χ2v) is 3.86. The van der Waals surface area contributed by atoms with E-state index >= 15 is 0 Å². The Balaban J connectivity index is 2.30. The molecule has 2 rings (SSSR count). The van der Waals surface area contributed by atoms with Gasteiger partial charge in [-0.2, -0.15) is 8.78 Å². The Bertz CT molecular complexity index is 521. The lowest BCUT2D eigenvalue weighted by atomic mass is 10.1. The molecule has 0 fully saturated rings. The number of hydrogen-bond donors (Lipinski definition) is 1. The molecule has 0 aromatic heterocycles. The number of ether oxygens (including phenoxy) is 3. The minimum atomic E-state index is -3.00. The van der Waals surface area contributed by atoms with Crippen LogP contribution in [0.2, 0.25) is 0 Å². The third-order valence-corrected chi connectivity index (χ3v) is 2.59. The number of hydrogen-bond acceptors (Lipinski definition) is 5. The summed E-state index contributed by atoms with van der Waals surface area (Å²) in [4.78, 5) is 21.4. The van der Waals surface area contributed by atoms with Gasteiger partial charge in [0.15, 0.2) is 18.1 Å². The maximum absolute atomic E-state index is 12.3. The van der Waals surface area contributed by atoms with Crippen LogP contribution in [0.3, 0.4) is 0 Å². The van der Waals surface area contributed by atoms with E-state index in [1.165, 1.54) is 12.1 Å². The van der Waals surface area contributed by atoms with E-state index in [0.29, 0.717) is 18.5 Å². The maximum atomic E-state index is 12.3. The largest absolute Gasteiger partial charge is 0.478 e. The van der Waals surface area contributed by atoms with Crippen molar-refractivity contribution in [2.75, 3.05) is 18.5 Å². The van der Waals surface area contributed by atoms with Crippen molar-refractivity contribution in [1.82, 2.24) is 0 Å². The van der Waals surface area contributed by atoms with E-state index in [2.05, 4.69) is 14.8 Å². The molecule has 0 radical (unpaired) electrons. The van der Waals surface area contributed by atoms with Gasteiger partial charge in [0, 0.05) is 6.42 Å². The number of fused-ring (bicyclic) bond motifs is 1. The molecule has 1 amide bonds. The second-order valence-electron chi connectivity index (χ2n) is 3.86. The van der Waals surface area contributed by atoms with Crippen LogP contribution in [0.15, 0.2) is 12.1 Å². The normalized spacial score (nSPS) is 13.2. The molecule has 108 valence electrons. The molecule has 0 saturated carbocycles. The zero-order valence-corrected chi connectivity index (χ0v) is 10.2. The van der Waals surface area contributed by atoms with E-state index in [1.807, 2.05) is 0 Å². The molecule has 0 spiro atoms. The minimum Gasteiger partial charge on any atom is -0.478 e. The van der Waals surface area contributed by atoms with Crippen LogP contribution >= 0.6 is 0 Å². The van der Waals surface area contributed by atoms with Crippen molar-refractivity contribution in [2.45, 2.75) is 13.0 Å². The lowest BCUT2D eigenvalue weighted by molar-refractivity contribution is -0.128. The van der Waals surface area contributed by atoms with E-state index in [9.17, 15) is 18.4 Å². The fourth-order valence-electron chi connectivity index (χ4n) is 1.81. The first-order valence-corrected chi connectivity index (χ1v) is 5.70. The summed E-state index contributed by atoms with van der Waals surface area (Å²) in [6.45, 7) is -2.87. The lowest BCUT2D eigenvalue weighted by Crippen LogP contribution is -2.27. The van der Waals surface area contributed by atoms with Crippen LogP contribution in [-0.2, 0) is 20.7 Å². The molecule has 1 aliphatic rings. The van der Waals surface area contributed by atoms with E-state index in [0.717, 1.165) is 0 Å². The minimum absolute atomic E-state index is 0.0495. The lowest BCUT2D eigenvalue weighted by Gasteiger charge is -2.23. The number of rotatable bonds is 6. The second kappa shape index (κ2) is 6.18. The maximum Gasteiger partial charge on any atom is 0.387 e. The number of amides is 1. The predicted molar refractivity (Wildman–Crippen MR) is 62.9 cm³/mol. The van der Waals surface area contributed by atoms with Gasteiger partial charge < -0.3 is 19.5 Å². The van der Waals surface area contributed by atoms with E-state index < -0.39 is 12.5 Å². The van der Waals surface area contributed by atoms with Gasteiger partial charge in [-0.1, -0.05) is 6.07 Å². The van der Waals surface area contributed by atoms with Crippen LogP contribution in [0.1, 0.15) is 5.56 Å². The molecule has 0 saturated heterocycles. The zero-order valence-electron chi connectivity index (χ0n) is 10.2. The number of alkyl halides is 2. The SMILES string of the molecule is O=COCCc1ccc(OC(F)F)c2c1NC(=O)CO2. The molecule has 6 nitrogen and oxygen atoms in total. The van der Waals surface area contributed by atoms with Crippen molar-refractivity contribution in [3.63, 3.8) is 0 Å². The summed E-state index contributed by atoms with van der Waals surface area (Å²) in [5.41, 5.74) is 0.852. The van der Waals surface area contributed by atoms with Crippen LogP contribution in [-0.4, -0.2) is 32.2 Å². The zero-order chi connectivity index (χ0) is 14.5. The van der Waals surface area contributed by atoms with Crippen molar-refractivity contribution in [3.8, 4) is 11.5 Å². The Morgan fingerprint density at radius 1 is 1.45 bits per heavy atom. The summed E-state index contributed by atoms with van der Waals surface area (Å²) in [5.74, 6) is -0.507. The van der Waals surface area contributed by atoms with Gasteiger partial charge in [0.05, 0.1) is 12.3 Å². The first kappa shape index (κ1) is 14.0. The molecule has 1 heterocycles. The quantitative estimate of drug-likeness (QED) is 0.631. The van der Waals surface area contributed by atoms with Gasteiger partial charge in [-0.3, -0.25) is 9.59 Å². The summed E-state index contributed by atoms with van der Waals surface area (Å²) in [5, 5.41) is 2.54. The van der Waals surface area contributed by atoms with Gasteiger partial charge in [0.25, 0.3) is 12.4 Å². The van der Waals surface area contributed by atoms with Gasteiger partial charge in [-0.15, -0.1) is 0 Å². The molecule has 0 bridgehead atoms. The van der Waals surface area contributed by atoms with Gasteiger partial charge in [0.1, 0.15) is 0 Å². The monoisotopic (exact) mass is 287 g/mol. The molecule has 0 aliphatic carbocycles. The summed E-state index contributed by atoms with van der Waals surface area (Å²) in [6, 6.07) is 2.82. The van der Waals surface area contributed by atoms with Crippen molar-refractivity contribution >= 4 is 18.1 Å². The Morgan fingerprint density at radius 3 is 2.95 bits per heavy atom. The fourth-order valence-corrected chi connectivity index (χ4v) is 1.81. The summed E-state index contributed by atoms with van der Waals surface area (Å²) < 4.78 is 38.6. The summed E-state index contributed by atoms with van der Waals surface area (Å²) in [6.07, 6.45) is 0.305. The number of carbonyl (C=O) groups is 2. The van der Waals surface area contributed by atoms with Crippen molar-refractivity contribution in [2.24, 2.45) is 0 Å². The number of halogens is 2. The molecular weight excluding hydrogens is 276 g/mol. The Hall–Kier alpha value is -2.38. The molecular formula is C12H11F2NO5. The van der Waals surface area contributed by atoms with Crippen molar-refractivity contribution < 1.29 is 32.6 Å². The number of anilines is 1. The van der Waals surface area contributed by atoms with Gasteiger partial charge in [-0.25, -0.2) is 0 Å². The van der Waals surface area contributed by atoms with Crippen molar-refractivity contribution in [1.29, 1.82) is 0 Å². The van der Waals surface area contributed by atoms with Gasteiger partial charge >= 0.3 is 6.61 Å². The number of benzene rings is 1. The van der Waals surface area contributed by atoms with Gasteiger partial charge in [-0.05, 0) is 11.6 Å². The highest BCUT2D eigenvalue weighted by Gasteiger charge is 2.24. The molecule has 1 aliphatic heterocycles. The smallest absolute Gasteiger partial charge is 0.387 e. The number of nitrogens with one attached hydrogen (secondary N) is 1. The highest BCUT2D eigenvalue weighted by molar-refractivity contribution is 5.97. The summed E-state index contributed by atoms with van der Waals surface area (Å²) >= 11 is 0. The van der Waals surface area contributed by atoms with Crippen LogP contribution in [0, 0.1) is 0 Å². The van der Waals surface area contributed by atoms with Crippen LogP contribution < -0.4 is 14.8 Å². The molecule has 1 aromatic rings. The fraction of sp³-hybridized carbons (Fsp3) is 0.333. The van der Waals surface area contributed by atoms with Crippen LogP contribution in [0.25, 0.3) is 0 Å². The van der Waals surface area contributed by atoms with E-state index in [1.54, 1.807) is 0 Å². The molecule has 1 aromatic carbocycles. The Morgan fingerprint density at radius 2 is 2.25 bits per heavy atom. The van der Waals surface area contributed by atoms with Crippen molar-refractivity contribution in [3.05, 3.63) is 17.7 Å². The molecule has 0 atom stereocenters. The number of carbonyl (C=O) groups excluding carboxylic acids is 2. The van der Waals surface area contributed by atoms with Crippen LogP contribution in [0.5, 0.6) is 11.5 Å². The first-order chi connectivity index (χ1) is 9.61. The van der Waals surface area contributed by atoms with Crippen LogP contribution in [0.4, 0.5) is 14.5 Å². The topological polar surface area (TPSA) is 73.9 Å². The first-order valence-electron chi connectivity index (χ1n) is 5.70. The van der Waals surface area contributed by atoms with E-state index in [4.69, 9.17) is 4.74 Å². The van der Waals surface area contributed by atoms with Gasteiger partial charge in [0.2, 0.25) is 0 Å². The highest BCUT2D eigenvalue weighted by Crippen LogP contribution is 2.41. The third kappa shape index (κ3) is 3.14. The molecule has 20 heavy (non-hydrogen) atoms.